The Kier molecular flexibility index (Phi) is 4.22. The van der Waals surface area contributed by atoms with E-state index in [0.29, 0.717) is 6.54 Å². The highest BCUT2D eigenvalue weighted by molar-refractivity contribution is 6.02. The van der Waals surface area contributed by atoms with Gasteiger partial charge in [-0.1, -0.05) is 12.5 Å². The molecule has 0 aromatic carbocycles. The Morgan fingerprint density at radius 3 is 3.09 bits per heavy atom. The molecule has 1 aromatic rings. The molecule has 5 nitrogen and oxygen atoms in total. The van der Waals surface area contributed by atoms with Gasteiger partial charge in [-0.25, -0.2) is 0 Å². The van der Waals surface area contributed by atoms with Crippen molar-refractivity contribution in [1.29, 1.82) is 0 Å². The van der Waals surface area contributed by atoms with Crippen LogP contribution in [-0.4, -0.2) is 34.8 Å². The van der Waals surface area contributed by atoms with E-state index in [-0.39, 0.29) is 24.3 Å². The fourth-order valence-corrected chi connectivity index (χ4v) is 3.38. The highest BCUT2D eigenvalue weighted by atomic mass is 16.2. The van der Waals surface area contributed by atoms with Crippen molar-refractivity contribution in [3.63, 3.8) is 0 Å². The average Bonchev–Trinajstić information content (AvgIpc) is 2.79. The van der Waals surface area contributed by atoms with Crippen molar-refractivity contribution in [3.05, 3.63) is 41.2 Å². The van der Waals surface area contributed by atoms with Gasteiger partial charge in [0.25, 0.3) is 5.91 Å². The summed E-state index contributed by atoms with van der Waals surface area (Å²) in [5.41, 5.74) is 2.87. The van der Waals surface area contributed by atoms with Crippen LogP contribution in [0, 0.1) is 0 Å². The first-order valence-corrected chi connectivity index (χ1v) is 7.81. The molecule has 2 aliphatic rings. The zero-order valence-corrected chi connectivity index (χ0v) is 12.8. The van der Waals surface area contributed by atoms with Crippen molar-refractivity contribution in [1.82, 2.24) is 15.2 Å². The van der Waals surface area contributed by atoms with Crippen molar-refractivity contribution in [2.24, 2.45) is 0 Å². The van der Waals surface area contributed by atoms with Crippen molar-refractivity contribution in [3.8, 4) is 0 Å². The number of carbonyl (C=O) groups excluding carboxylic acids is 2. The number of aromatic nitrogens is 1. The minimum absolute atomic E-state index is 0.0263. The number of fused-ring (bicyclic) bond motifs is 1. The van der Waals surface area contributed by atoms with Gasteiger partial charge in [0.1, 0.15) is 0 Å². The third-order valence-electron chi connectivity index (χ3n) is 4.56. The van der Waals surface area contributed by atoms with Crippen LogP contribution in [0.2, 0.25) is 0 Å². The Labute approximate surface area is 130 Å². The van der Waals surface area contributed by atoms with Crippen molar-refractivity contribution < 1.29 is 9.59 Å². The predicted molar refractivity (Wildman–Crippen MR) is 82.8 cm³/mol. The van der Waals surface area contributed by atoms with Gasteiger partial charge in [-0.3, -0.25) is 14.6 Å². The maximum Gasteiger partial charge on any atom is 0.250 e. The van der Waals surface area contributed by atoms with Gasteiger partial charge >= 0.3 is 0 Å². The molecule has 1 atom stereocenters. The van der Waals surface area contributed by atoms with Gasteiger partial charge < -0.3 is 10.2 Å². The summed E-state index contributed by atoms with van der Waals surface area (Å²) in [5, 5.41) is 2.87. The number of nitrogens with one attached hydrogen (secondary N) is 1. The second-order valence-corrected chi connectivity index (χ2v) is 6.00. The van der Waals surface area contributed by atoms with Crippen LogP contribution in [-0.2, 0) is 16.1 Å². The number of hydrogen-bond donors (Lipinski definition) is 1. The lowest BCUT2D eigenvalue weighted by molar-refractivity contribution is -0.128. The molecule has 0 radical (unpaired) electrons. The molecule has 1 aliphatic heterocycles. The molecular weight excluding hydrogens is 278 g/mol. The molecule has 2 heterocycles. The molecule has 3 rings (SSSR count). The van der Waals surface area contributed by atoms with Gasteiger partial charge in [0.2, 0.25) is 5.91 Å². The molecule has 0 spiro atoms. The summed E-state index contributed by atoms with van der Waals surface area (Å²) in [6, 6.07) is 3.98. The molecule has 5 heteroatoms. The van der Waals surface area contributed by atoms with Crippen LogP contribution in [0.5, 0.6) is 0 Å². The molecule has 116 valence electrons. The largest absolute Gasteiger partial charge is 0.352 e. The fraction of sp³-hybridized carbons (Fsp3) is 0.471. The van der Waals surface area contributed by atoms with E-state index in [1.54, 1.807) is 17.3 Å². The maximum absolute atomic E-state index is 12.4. The van der Waals surface area contributed by atoms with Gasteiger partial charge in [-0.2, -0.15) is 0 Å². The third-order valence-corrected chi connectivity index (χ3v) is 4.56. The number of hydrogen-bond acceptors (Lipinski definition) is 3. The average molecular weight is 299 g/mol. The van der Waals surface area contributed by atoms with Crippen molar-refractivity contribution in [2.45, 2.75) is 44.7 Å². The molecule has 1 unspecified atom stereocenters. The van der Waals surface area contributed by atoms with Gasteiger partial charge in [0.15, 0.2) is 0 Å². The first-order valence-electron chi connectivity index (χ1n) is 7.81. The smallest absolute Gasteiger partial charge is 0.250 e. The van der Waals surface area contributed by atoms with E-state index < -0.39 is 0 Å². The Morgan fingerprint density at radius 1 is 1.45 bits per heavy atom. The first-order chi connectivity index (χ1) is 10.7. The van der Waals surface area contributed by atoms with Gasteiger partial charge in [-0.05, 0) is 36.5 Å². The normalized spacial score (nSPS) is 21.0. The number of rotatable bonds is 4. The Balaban J connectivity index is 1.64. The molecule has 22 heavy (non-hydrogen) atoms. The SMILES string of the molecule is CN1C(=O)C(CC(=O)NCc2cccnc2)=C2CCCCC21. The van der Waals surface area contributed by atoms with E-state index in [4.69, 9.17) is 0 Å². The zero-order valence-electron chi connectivity index (χ0n) is 12.8. The monoisotopic (exact) mass is 299 g/mol. The minimum Gasteiger partial charge on any atom is -0.352 e. The first kappa shape index (κ1) is 14.8. The van der Waals surface area contributed by atoms with E-state index in [1.807, 2.05) is 19.2 Å². The second kappa shape index (κ2) is 6.30. The molecule has 1 N–H and O–H groups in total. The molecule has 0 saturated heterocycles. The highest BCUT2D eigenvalue weighted by Gasteiger charge is 2.38. The van der Waals surface area contributed by atoms with Crippen LogP contribution in [0.15, 0.2) is 35.7 Å². The number of amides is 2. The Hall–Kier alpha value is -2.17. The lowest BCUT2D eigenvalue weighted by atomic mass is 9.88. The van der Waals surface area contributed by atoms with E-state index in [0.717, 1.165) is 36.8 Å². The molecule has 1 saturated carbocycles. The molecule has 2 amide bonds. The number of pyridine rings is 1. The van der Waals surface area contributed by atoms with E-state index in [1.165, 1.54) is 5.57 Å². The van der Waals surface area contributed by atoms with Crippen molar-refractivity contribution in [2.75, 3.05) is 7.05 Å². The Bertz CT molecular complexity index is 610. The summed E-state index contributed by atoms with van der Waals surface area (Å²) in [7, 11) is 1.85. The topological polar surface area (TPSA) is 62.3 Å². The molecule has 0 bridgehead atoms. The van der Waals surface area contributed by atoms with Gasteiger partial charge in [0.05, 0.1) is 12.5 Å². The summed E-state index contributed by atoms with van der Waals surface area (Å²) in [4.78, 5) is 30.3. The van der Waals surface area contributed by atoms with Gasteiger partial charge in [0, 0.05) is 31.6 Å². The van der Waals surface area contributed by atoms with Crippen LogP contribution >= 0.6 is 0 Å². The lowest BCUT2D eigenvalue weighted by Gasteiger charge is -2.26. The van der Waals surface area contributed by atoms with Crippen LogP contribution in [0.4, 0.5) is 0 Å². The summed E-state index contributed by atoms with van der Waals surface area (Å²) < 4.78 is 0. The van der Waals surface area contributed by atoms with Crippen LogP contribution in [0.3, 0.4) is 0 Å². The zero-order chi connectivity index (χ0) is 15.5. The molecule has 1 fully saturated rings. The standard InChI is InChI=1S/C17H21N3O2/c1-20-15-7-3-2-6-13(15)14(17(20)22)9-16(21)19-11-12-5-4-8-18-10-12/h4-5,8,10,15H,2-3,6-7,9,11H2,1H3,(H,19,21). The van der Waals surface area contributed by atoms with Crippen LogP contribution in [0.1, 0.15) is 37.7 Å². The molecular formula is C17H21N3O2. The summed E-state index contributed by atoms with van der Waals surface area (Å²) in [6.07, 6.45) is 7.88. The number of likely N-dealkylation sites (N-methyl/N-ethyl adjacent to an activating group) is 1. The third kappa shape index (κ3) is 2.89. The molecule has 1 aliphatic carbocycles. The van der Waals surface area contributed by atoms with E-state index >= 15 is 0 Å². The van der Waals surface area contributed by atoms with Crippen molar-refractivity contribution >= 4 is 11.8 Å². The maximum atomic E-state index is 12.4. The van der Waals surface area contributed by atoms with E-state index in [9.17, 15) is 9.59 Å². The Morgan fingerprint density at radius 2 is 2.32 bits per heavy atom. The van der Waals surface area contributed by atoms with Gasteiger partial charge in [-0.15, -0.1) is 0 Å². The number of carbonyl (C=O) groups is 2. The second-order valence-electron chi connectivity index (χ2n) is 6.00. The van der Waals surface area contributed by atoms with Crippen LogP contribution in [0.25, 0.3) is 0 Å². The summed E-state index contributed by atoms with van der Waals surface area (Å²) in [6.45, 7) is 0.447. The highest BCUT2D eigenvalue weighted by Crippen LogP contribution is 2.36. The minimum atomic E-state index is -0.0978. The lowest BCUT2D eigenvalue weighted by Crippen LogP contribution is -2.33. The quantitative estimate of drug-likeness (QED) is 0.922. The summed E-state index contributed by atoms with van der Waals surface area (Å²) in [5.74, 6) is -0.0715. The summed E-state index contributed by atoms with van der Waals surface area (Å²) >= 11 is 0. The predicted octanol–water partition coefficient (Wildman–Crippen LogP) is 1.80. The molecule has 1 aromatic heterocycles. The van der Waals surface area contributed by atoms with Crippen LogP contribution < -0.4 is 5.32 Å². The van der Waals surface area contributed by atoms with E-state index in [2.05, 4.69) is 10.3 Å². The number of nitrogens with zero attached hydrogens (tertiary/aromatic N) is 2. The fourth-order valence-electron chi connectivity index (χ4n) is 3.38.